The van der Waals surface area contributed by atoms with Crippen molar-refractivity contribution in [1.29, 1.82) is 0 Å². The molecule has 0 heterocycles. The van der Waals surface area contributed by atoms with E-state index in [4.69, 9.17) is 9.47 Å². The highest BCUT2D eigenvalue weighted by Gasteiger charge is 2.06. The van der Waals surface area contributed by atoms with E-state index in [1.165, 1.54) is 11.1 Å². The number of carbonyl (C=O) groups excluding carboxylic acids is 1. The maximum absolute atomic E-state index is 12.3. The van der Waals surface area contributed by atoms with Gasteiger partial charge in [0.1, 0.15) is 11.5 Å². The molecule has 29 heavy (non-hydrogen) atoms. The number of hydrogen-bond acceptors (Lipinski definition) is 5. The number of benzene rings is 3. The average Bonchev–Trinajstić information content (AvgIpc) is 2.78. The Kier molecular flexibility index (Phi) is 7.30. The summed E-state index contributed by atoms with van der Waals surface area (Å²) in [5.74, 6) is 1.90. The third-order valence-corrected chi connectivity index (χ3v) is 5.25. The zero-order valence-corrected chi connectivity index (χ0v) is 17.1. The fourth-order valence-electron chi connectivity index (χ4n) is 2.60. The summed E-state index contributed by atoms with van der Waals surface area (Å²) in [7, 11) is 3.17. The molecule has 1 N–H and O–H groups in total. The summed E-state index contributed by atoms with van der Waals surface area (Å²) in [6.45, 7) is 0. The normalized spacial score (nSPS) is 10.7. The summed E-state index contributed by atoms with van der Waals surface area (Å²) in [5.41, 5.74) is 4.95. The van der Waals surface area contributed by atoms with Crippen LogP contribution in [0.15, 0.2) is 82.8 Å². The Bertz CT molecular complexity index is 973. The van der Waals surface area contributed by atoms with E-state index >= 15 is 0 Å². The van der Waals surface area contributed by atoms with Gasteiger partial charge in [0.2, 0.25) is 0 Å². The Labute approximate surface area is 174 Å². The summed E-state index contributed by atoms with van der Waals surface area (Å²) in [6, 6.07) is 23.1. The number of hydrazone groups is 1. The van der Waals surface area contributed by atoms with Gasteiger partial charge in [-0.15, -0.1) is 11.8 Å². The van der Waals surface area contributed by atoms with Crippen LogP contribution in [0, 0.1) is 0 Å². The van der Waals surface area contributed by atoms with Crippen molar-refractivity contribution in [3.63, 3.8) is 0 Å². The monoisotopic (exact) mass is 406 g/mol. The third kappa shape index (κ3) is 5.86. The lowest BCUT2D eigenvalue weighted by Crippen LogP contribution is -2.17. The molecule has 0 aliphatic heterocycles. The van der Waals surface area contributed by atoms with Crippen molar-refractivity contribution in [2.24, 2.45) is 5.10 Å². The molecule has 0 aliphatic carbocycles. The van der Waals surface area contributed by atoms with Gasteiger partial charge in [0.15, 0.2) is 0 Å². The average molecular weight is 407 g/mol. The maximum Gasteiger partial charge on any atom is 0.271 e. The van der Waals surface area contributed by atoms with E-state index in [2.05, 4.69) is 22.7 Å². The molecule has 3 aromatic rings. The number of rotatable bonds is 8. The molecule has 6 heteroatoms. The van der Waals surface area contributed by atoms with Gasteiger partial charge in [-0.2, -0.15) is 5.10 Å². The van der Waals surface area contributed by atoms with E-state index in [0.29, 0.717) is 22.6 Å². The van der Waals surface area contributed by atoms with Crippen LogP contribution in [-0.2, 0) is 5.75 Å². The molecule has 0 fully saturated rings. The van der Waals surface area contributed by atoms with Gasteiger partial charge in [-0.05, 0) is 48.0 Å². The third-order valence-electron chi connectivity index (χ3n) is 4.17. The zero-order valence-electron chi connectivity index (χ0n) is 16.3. The molecule has 0 saturated carbocycles. The molecule has 148 valence electrons. The summed E-state index contributed by atoms with van der Waals surface area (Å²) in [5, 5.41) is 4.04. The lowest BCUT2D eigenvalue weighted by molar-refractivity contribution is 0.0955. The number of hydrogen-bond donors (Lipinski definition) is 1. The lowest BCUT2D eigenvalue weighted by atomic mass is 10.1. The Morgan fingerprint density at radius 1 is 1.00 bits per heavy atom. The van der Waals surface area contributed by atoms with Gasteiger partial charge in [-0.25, -0.2) is 5.43 Å². The van der Waals surface area contributed by atoms with Crippen LogP contribution in [0.1, 0.15) is 21.5 Å². The minimum absolute atomic E-state index is 0.273. The van der Waals surface area contributed by atoms with E-state index in [1.54, 1.807) is 56.3 Å². The molecule has 0 unspecified atom stereocenters. The topological polar surface area (TPSA) is 59.9 Å². The molecule has 3 aromatic carbocycles. The van der Waals surface area contributed by atoms with Crippen LogP contribution in [0.4, 0.5) is 0 Å². The first-order valence-corrected chi connectivity index (χ1v) is 10.0. The van der Waals surface area contributed by atoms with Crippen molar-refractivity contribution in [2.45, 2.75) is 10.6 Å². The Balaban J connectivity index is 1.57. The summed E-state index contributed by atoms with van der Waals surface area (Å²) in [6.07, 6.45) is 1.53. The molecule has 0 bridgehead atoms. The highest BCUT2D eigenvalue weighted by atomic mass is 32.2. The standard InChI is InChI=1S/C23H22N2O3S/c1-27-20-12-13-22(28-2)19(14-20)15-24-25-23(26)18-10-8-17(9-11-18)16-29-21-6-4-3-5-7-21/h3-15H,16H2,1-2H3,(H,25,26). The van der Waals surface area contributed by atoms with Crippen molar-refractivity contribution in [3.8, 4) is 11.5 Å². The zero-order chi connectivity index (χ0) is 20.5. The molecular weight excluding hydrogens is 384 g/mol. The maximum atomic E-state index is 12.3. The van der Waals surface area contributed by atoms with Crippen LogP contribution in [0.5, 0.6) is 11.5 Å². The molecule has 0 atom stereocenters. The van der Waals surface area contributed by atoms with Gasteiger partial charge in [0, 0.05) is 21.8 Å². The van der Waals surface area contributed by atoms with Crippen LogP contribution < -0.4 is 14.9 Å². The molecule has 0 radical (unpaired) electrons. The van der Waals surface area contributed by atoms with E-state index in [-0.39, 0.29) is 5.91 Å². The molecule has 3 rings (SSSR count). The first-order chi connectivity index (χ1) is 14.2. The minimum Gasteiger partial charge on any atom is -0.497 e. The largest absolute Gasteiger partial charge is 0.497 e. The smallest absolute Gasteiger partial charge is 0.271 e. The molecule has 0 saturated heterocycles. The Morgan fingerprint density at radius 2 is 1.76 bits per heavy atom. The second-order valence-corrected chi connectivity index (χ2v) is 7.15. The highest BCUT2D eigenvalue weighted by molar-refractivity contribution is 7.98. The SMILES string of the molecule is COc1ccc(OC)c(C=NNC(=O)c2ccc(CSc3ccccc3)cc2)c1. The summed E-state index contributed by atoms with van der Waals surface area (Å²) >= 11 is 1.76. The molecule has 1 amide bonds. The van der Waals surface area contributed by atoms with Crippen LogP contribution in [-0.4, -0.2) is 26.3 Å². The van der Waals surface area contributed by atoms with Gasteiger partial charge in [0.05, 0.1) is 20.4 Å². The van der Waals surface area contributed by atoms with Crippen LogP contribution in [0.2, 0.25) is 0 Å². The van der Waals surface area contributed by atoms with Gasteiger partial charge >= 0.3 is 0 Å². The van der Waals surface area contributed by atoms with Crippen LogP contribution in [0.25, 0.3) is 0 Å². The van der Waals surface area contributed by atoms with Gasteiger partial charge in [0.25, 0.3) is 5.91 Å². The quantitative estimate of drug-likeness (QED) is 0.333. The summed E-state index contributed by atoms with van der Waals surface area (Å²) in [4.78, 5) is 13.5. The van der Waals surface area contributed by atoms with Gasteiger partial charge in [-0.3, -0.25) is 4.79 Å². The number of ether oxygens (including phenoxy) is 2. The van der Waals surface area contributed by atoms with E-state index in [0.717, 1.165) is 11.3 Å². The second kappa shape index (κ2) is 10.3. The Hall–Kier alpha value is -3.25. The van der Waals surface area contributed by atoms with Crippen molar-refractivity contribution in [3.05, 3.63) is 89.5 Å². The second-order valence-electron chi connectivity index (χ2n) is 6.11. The van der Waals surface area contributed by atoms with Crippen molar-refractivity contribution < 1.29 is 14.3 Å². The predicted molar refractivity (Wildman–Crippen MR) is 117 cm³/mol. The summed E-state index contributed by atoms with van der Waals surface area (Å²) < 4.78 is 10.5. The first-order valence-electron chi connectivity index (χ1n) is 9.02. The lowest BCUT2D eigenvalue weighted by Gasteiger charge is -2.07. The van der Waals surface area contributed by atoms with E-state index in [1.807, 2.05) is 30.3 Å². The number of nitrogens with zero attached hydrogens (tertiary/aromatic N) is 1. The number of amides is 1. The van der Waals surface area contributed by atoms with Crippen molar-refractivity contribution >= 4 is 23.9 Å². The Morgan fingerprint density at radius 3 is 2.45 bits per heavy atom. The number of carbonyl (C=O) groups is 1. The van der Waals surface area contributed by atoms with Gasteiger partial charge in [-0.1, -0.05) is 30.3 Å². The fourth-order valence-corrected chi connectivity index (χ4v) is 3.48. The number of thioether (sulfide) groups is 1. The predicted octanol–water partition coefficient (Wildman–Crippen LogP) is 4.76. The van der Waals surface area contributed by atoms with Crippen molar-refractivity contribution in [2.75, 3.05) is 14.2 Å². The van der Waals surface area contributed by atoms with E-state index in [9.17, 15) is 4.79 Å². The van der Waals surface area contributed by atoms with Crippen LogP contribution >= 0.6 is 11.8 Å². The molecule has 0 aliphatic rings. The fraction of sp³-hybridized carbons (Fsp3) is 0.130. The van der Waals surface area contributed by atoms with Gasteiger partial charge < -0.3 is 9.47 Å². The molecule has 5 nitrogen and oxygen atoms in total. The van der Waals surface area contributed by atoms with Crippen LogP contribution in [0.3, 0.4) is 0 Å². The van der Waals surface area contributed by atoms with Crippen molar-refractivity contribution in [1.82, 2.24) is 5.43 Å². The molecule has 0 aromatic heterocycles. The number of nitrogens with one attached hydrogen (secondary N) is 1. The molecule has 0 spiro atoms. The van der Waals surface area contributed by atoms with E-state index < -0.39 is 0 Å². The highest BCUT2D eigenvalue weighted by Crippen LogP contribution is 2.23. The number of methoxy groups -OCH3 is 2. The first kappa shape index (κ1) is 20.5. The minimum atomic E-state index is -0.273. The molecular formula is C23H22N2O3S.